The number of aromatic nitrogens is 1. The monoisotopic (exact) mass is 333 g/mol. The molecule has 0 aliphatic carbocycles. The van der Waals surface area contributed by atoms with Gasteiger partial charge in [-0.05, 0) is 34.5 Å². The van der Waals surface area contributed by atoms with Gasteiger partial charge in [0.25, 0.3) is 0 Å². The van der Waals surface area contributed by atoms with E-state index >= 15 is 0 Å². The summed E-state index contributed by atoms with van der Waals surface area (Å²) in [7, 11) is 1.65. The van der Waals surface area contributed by atoms with Gasteiger partial charge in [0.15, 0.2) is 0 Å². The molecule has 0 saturated heterocycles. The predicted molar refractivity (Wildman–Crippen MR) is 75.7 cm³/mol. The van der Waals surface area contributed by atoms with Gasteiger partial charge in [-0.15, -0.1) is 0 Å². The Labute approximate surface area is 122 Å². The minimum absolute atomic E-state index is 0.465. The SMILES string of the molecule is COCCOCCOCCOc1ncc(C)cc1Br. The Hall–Kier alpha value is -0.690. The summed E-state index contributed by atoms with van der Waals surface area (Å²) >= 11 is 3.41. The van der Waals surface area contributed by atoms with Gasteiger partial charge in [-0.2, -0.15) is 0 Å². The molecular formula is C13H20BrNO4. The smallest absolute Gasteiger partial charge is 0.228 e. The van der Waals surface area contributed by atoms with Crippen LogP contribution >= 0.6 is 15.9 Å². The highest BCUT2D eigenvalue weighted by atomic mass is 79.9. The quantitative estimate of drug-likeness (QED) is 0.614. The normalized spacial score (nSPS) is 10.7. The van der Waals surface area contributed by atoms with Crippen LogP contribution in [0.25, 0.3) is 0 Å². The van der Waals surface area contributed by atoms with Crippen LogP contribution in [0.4, 0.5) is 0 Å². The molecule has 0 N–H and O–H groups in total. The van der Waals surface area contributed by atoms with Crippen LogP contribution in [0.3, 0.4) is 0 Å². The van der Waals surface area contributed by atoms with Gasteiger partial charge in [0.1, 0.15) is 6.61 Å². The average Bonchev–Trinajstić information content (AvgIpc) is 2.39. The van der Waals surface area contributed by atoms with Gasteiger partial charge in [0, 0.05) is 13.3 Å². The Bertz CT molecular complexity index is 362. The maximum absolute atomic E-state index is 5.49. The van der Waals surface area contributed by atoms with Crippen molar-refractivity contribution in [3.8, 4) is 5.88 Å². The van der Waals surface area contributed by atoms with Crippen LogP contribution in [0.2, 0.25) is 0 Å². The van der Waals surface area contributed by atoms with Gasteiger partial charge in [0.05, 0.1) is 37.5 Å². The van der Waals surface area contributed by atoms with Crippen molar-refractivity contribution in [3.05, 3.63) is 22.3 Å². The van der Waals surface area contributed by atoms with Crippen molar-refractivity contribution in [2.24, 2.45) is 0 Å². The Morgan fingerprint density at radius 1 is 1.05 bits per heavy atom. The van der Waals surface area contributed by atoms with Crippen LogP contribution in [0.5, 0.6) is 5.88 Å². The fraction of sp³-hybridized carbons (Fsp3) is 0.615. The van der Waals surface area contributed by atoms with Crippen LogP contribution in [-0.2, 0) is 14.2 Å². The first-order chi connectivity index (χ1) is 9.24. The van der Waals surface area contributed by atoms with Crippen molar-refractivity contribution in [1.82, 2.24) is 4.98 Å². The van der Waals surface area contributed by atoms with E-state index in [2.05, 4.69) is 20.9 Å². The van der Waals surface area contributed by atoms with Gasteiger partial charge >= 0.3 is 0 Å². The van der Waals surface area contributed by atoms with Crippen molar-refractivity contribution in [3.63, 3.8) is 0 Å². The van der Waals surface area contributed by atoms with Crippen molar-refractivity contribution in [1.29, 1.82) is 0 Å². The maximum Gasteiger partial charge on any atom is 0.228 e. The molecule has 1 rings (SSSR count). The second-order valence-electron chi connectivity index (χ2n) is 3.87. The number of aryl methyl sites for hydroxylation is 1. The Balaban J connectivity index is 2.01. The molecule has 0 spiro atoms. The molecule has 0 aliphatic heterocycles. The molecule has 0 bridgehead atoms. The molecule has 0 radical (unpaired) electrons. The molecule has 1 aromatic rings. The van der Waals surface area contributed by atoms with Crippen LogP contribution in [0.1, 0.15) is 5.56 Å². The van der Waals surface area contributed by atoms with Crippen LogP contribution in [-0.4, -0.2) is 51.7 Å². The number of nitrogens with zero attached hydrogens (tertiary/aromatic N) is 1. The molecule has 0 unspecified atom stereocenters. The number of hydrogen-bond acceptors (Lipinski definition) is 5. The zero-order valence-corrected chi connectivity index (χ0v) is 12.9. The fourth-order valence-electron chi connectivity index (χ4n) is 1.29. The minimum atomic E-state index is 0.465. The van der Waals surface area contributed by atoms with E-state index < -0.39 is 0 Å². The molecule has 0 amide bonds. The third kappa shape index (κ3) is 7.47. The van der Waals surface area contributed by atoms with Crippen LogP contribution in [0.15, 0.2) is 16.7 Å². The molecule has 0 saturated carbocycles. The third-order valence-corrected chi connectivity index (χ3v) is 2.78. The standard InChI is InChI=1S/C13H20BrNO4/c1-11-9-12(14)13(15-10-11)19-8-7-18-6-5-17-4-3-16-2/h9-10H,3-8H2,1-2H3. The first-order valence-corrected chi connectivity index (χ1v) is 6.92. The highest BCUT2D eigenvalue weighted by Gasteiger charge is 2.02. The Morgan fingerprint density at radius 3 is 2.32 bits per heavy atom. The zero-order chi connectivity index (χ0) is 13.9. The summed E-state index contributed by atoms with van der Waals surface area (Å²) in [6, 6.07) is 1.97. The van der Waals surface area contributed by atoms with Crippen molar-refractivity contribution in [2.45, 2.75) is 6.92 Å². The summed E-state index contributed by atoms with van der Waals surface area (Å²) in [5.74, 6) is 0.588. The molecule has 6 heteroatoms. The molecule has 1 heterocycles. The first-order valence-electron chi connectivity index (χ1n) is 6.13. The number of halogens is 1. The molecule has 0 atom stereocenters. The van der Waals surface area contributed by atoms with Gasteiger partial charge in [0.2, 0.25) is 5.88 Å². The summed E-state index contributed by atoms with van der Waals surface area (Å²) in [6.45, 7) is 5.27. The van der Waals surface area contributed by atoms with Crippen LogP contribution in [0, 0.1) is 6.92 Å². The fourth-order valence-corrected chi connectivity index (χ4v) is 1.87. The van der Waals surface area contributed by atoms with E-state index in [-0.39, 0.29) is 0 Å². The second kappa shape index (κ2) is 10.1. The van der Waals surface area contributed by atoms with Crippen molar-refractivity contribution in [2.75, 3.05) is 46.8 Å². The number of pyridine rings is 1. The number of hydrogen-bond donors (Lipinski definition) is 0. The highest BCUT2D eigenvalue weighted by Crippen LogP contribution is 2.22. The molecule has 108 valence electrons. The van der Waals surface area contributed by atoms with Gasteiger partial charge in [-0.1, -0.05) is 0 Å². The summed E-state index contributed by atoms with van der Waals surface area (Å²) in [6.07, 6.45) is 1.77. The van der Waals surface area contributed by atoms with Crippen molar-refractivity contribution < 1.29 is 18.9 Å². The lowest BCUT2D eigenvalue weighted by atomic mass is 10.3. The summed E-state index contributed by atoms with van der Waals surface area (Å²) in [5.41, 5.74) is 1.09. The van der Waals surface area contributed by atoms with E-state index in [1.54, 1.807) is 13.3 Å². The largest absolute Gasteiger partial charge is 0.474 e. The molecule has 19 heavy (non-hydrogen) atoms. The molecular weight excluding hydrogens is 314 g/mol. The minimum Gasteiger partial charge on any atom is -0.474 e. The molecule has 1 aromatic heterocycles. The van der Waals surface area contributed by atoms with Gasteiger partial charge < -0.3 is 18.9 Å². The lowest BCUT2D eigenvalue weighted by Gasteiger charge is -2.08. The van der Waals surface area contributed by atoms with Gasteiger partial charge in [-0.25, -0.2) is 4.98 Å². The third-order valence-electron chi connectivity index (χ3n) is 2.21. The van der Waals surface area contributed by atoms with Gasteiger partial charge in [-0.3, -0.25) is 0 Å². The van der Waals surface area contributed by atoms with E-state index in [0.29, 0.717) is 45.5 Å². The number of methoxy groups -OCH3 is 1. The second-order valence-corrected chi connectivity index (χ2v) is 4.72. The Morgan fingerprint density at radius 2 is 1.68 bits per heavy atom. The van der Waals surface area contributed by atoms with Crippen LogP contribution < -0.4 is 4.74 Å². The van der Waals surface area contributed by atoms with Crippen molar-refractivity contribution >= 4 is 15.9 Å². The summed E-state index contributed by atoms with van der Waals surface area (Å²) in [5, 5.41) is 0. The number of rotatable bonds is 10. The topological polar surface area (TPSA) is 49.8 Å². The Kier molecular flexibility index (Phi) is 8.73. The van der Waals surface area contributed by atoms with E-state index in [1.807, 2.05) is 13.0 Å². The molecule has 5 nitrogen and oxygen atoms in total. The average molecular weight is 334 g/mol. The summed E-state index contributed by atoms with van der Waals surface area (Å²) < 4.78 is 21.8. The zero-order valence-electron chi connectivity index (χ0n) is 11.4. The molecule has 0 aliphatic rings. The summed E-state index contributed by atoms with van der Waals surface area (Å²) in [4.78, 5) is 4.18. The number of ether oxygens (including phenoxy) is 4. The molecule has 0 fully saturated rings. The maximum atomic E-state index is 5.49. The lowest BCUT2D eigenvalue weighted by molar-refractivity contribution is 0.0176. The van der Waals surface area contributed by atoms with E-state index in [1.165, 1.54) is 0 Å². The lowest BCUT2D eigenvalue weighted by Crippen LogP contribution is -2.12. The first kappa shape index (κ1) is 16.4. The van der Waals surface area contributed by atoms with E-state index in [9.17, 15) is 0 Å². The molecule has 0 aromatic carbocycles. The highest BCUT2D eigenvalue weighted by molar-refractivity contribution is 9.10. The van der Waals surface area contributed by atoms with E-state index in [4.69, 9.17) is 18.9 Å². The van der Waals surface area contributed by atoms with E-state index in [0.717, 1.165) is 10.0 Å². The predicted octanol–water partition coefficient (Wildman–Crippen LogP) is 2.21.